The third kappa shape index (κ3) is 3.57. The minimum Gasteiger partial charge on any atom is -0.319 e. The molecule has 1 N–H and O–H groups in total. The van der Waals surface area contributed by atoms with E-state index in [1.54, 1.807) is 8.61 Å². The van der Waals surface area contributed by atoms with Crippen molar-refractivity contribution < 1.29 is 8.42 Å². The Morgan fingerprint density at radius 1 is 1.06 bits per heavy atom. The van der Waals surface area contributed by atoms with Gasteiger partial charge in [0.1, 0.15) is 0 Å². The fourth-order valence-corrected chi connectivity index (χ4v) is 4.43. The molecule has 2 saturated heterocycles. The number of nitrogens with one attached hydrogen (secondary N) is 1. The number of nitrogens with zero attached hydrogens (tertiary/aromatic N) is 2. The van der Waals surface area contributed by atoms with Gasteiger partial charge in [0.25, 0.3) is 10.2 Å². The van der Waals surface area contributed by atoms with E-state index in [0.29, 0.717) is 32.1 Å². The molecule has 0 aliphatic carbocycles. The first-order valence-corrected chi connectivity index (χ1v) is 7.94. The van der Waals surface area contributed by atoms with Crippen molar-refractivity contribution in [3.8, 4) is 0 Å². The molecule has 0 aromatic carbocycles. The van der Waals surface area contributed by atoms with Crippen LogP contribution in [-0.2, 0) is 10.2 Å². The minimum absolute atomic E-state index is 0. The van der Waals surface area contributed by atoms with Crippen molar-refractivity contribution in [2.45, 2.75) is 25.7 Å². The highest BCUT2D eigenvalue weighted by molar-refractivity contribution is 7.86. The fraction of sp³-hybridized carbons (Fsp3) is 1.00. The van der Waals surface area contributed by atoms with Crippen LogP contribution in [0.15, 0.2) is 0 Å². The second-order valence-electron chi connectivity index (χ2n) is 5.01. The molecule has 108 valence electrons. The van der Waals surface area contributed by atoms with Gasteiger partial charge in [-0.05, 0) is 45.2 Å². The van der Waals surface area contributed by atoms with Crippen molar-refractivity contribution in [2.75, 3.05) is 39.8 Å². The van der Waals surface area contributed by atoms with Gasteiger partial charge in [-0.1, -0.05) is 0 Å². The molecule has 7 heteroatoms. The zero-order valence-corrected chi connectivity index (χ0v) is 12.6. The Morgan fingerprint density at radius 3 is 2.06 bits per heavy atom. The zero-order chi connectivity index (χ0) is 12.3. The van der Waals surface area contributed by atoms with Crippen molar-refractivity contribution in [1.82, 2.24) is 13.9 Å². The van der Waals surface area contributed by atoms with Gasteiger partial charge in [0.2, 0.25) is 0 Å². The second-order valence-corrected chi connectivity index (χ2v) is 6.94. The average molecular weight is 298 g/mol. The Kier molecular flexibility index (Phi) is 6.34. The van der Waals surface area contributed by atoms with Crippen LogP contribution < -0.4 is 5.32 Å². The van der Waals surface area contributed by atoms with E-state index in [2.05, 4.69) is 5.32 Å². The molecule has 0 bridgehead atoms. The van der Waals surface area contributed by atoms with Crippen LogP contribution in [0.2, 0.25) is 0 Å². The number of hydrogen-bond donors (Lipinski definition) is 1. The molecule has 0 radical (unpaired) electrons. The van der Waals surface area contributed by atoms with E-state index in [4.69, 9.17) is 0 Å². The molecule has 2 aliphatic rings. The molecule has 18 heavy (non-hydrogen) atoms. The minimum atomic E-state index is -3.15. The smallest absolute Gasteiger partial charge is 0.281 e. The van der Waals surface area contributed by atoms with Crippen LogP contribution in [0.3, 0.4) is 0 Å². The first kappa shape index (κ1) is 16.2. The van der Waals surface area contributed by atoms with Gasteiger partial charge < -0.3 is 5.32 Å². The van der Waals surface area contributed by atoms with Crippen LogP contribution in [0.1, 0.15) is 25.7 Å². The summed E-state index contributed by atoms with van der Waals surface area (Å²) in [6, 6.07) is 0. The Labute approximate surface area is 116 Å². The molecule has 0 amide bonds. The maximum Gasteiger partial charge on any atom is 0.281 e. The van der Waals surface area contributed by atoms with Crippen LogP contribution in [0.5, 0.6) is 0 Å². The van der Waals surface area contributed by atoms with Crippen molar-refractivity contribution in [2.24, 2.45) is 5.92 Å². The van der Waals surface area contributed by atoms with E-state index in [9.17, 15) is 8.42 Å². The molecule has 5 nitrogen and oxygen atoms in total. The molecule has 0 spiro atoms. The lowest BCUT2D eigenvalue weighted by Crippen LogP contribution is -2.46. The summed E-state index contributed by atoms with van der Waals surface area (Å²) in [6.45, 7) is 3.78. The summed E-state index contributed by atoms with van der Waals surface area (Å²) in [4.78, 5) is 0. The van der Waals surface area contributed by atoms with Gasteiger partial charge >= 0.3 is 0 Å². The van der Waals surface area contributed by atoms with Crippen molar-refractivity contribution in [3.05, 3.63) is 0 Å². The van der Waals surface area contributed by atoms with Gasteiger partial charge in [0.15, 0.2) is 0 Å². The summed E-state index contributed by atoms with van der Waals surface area (Å²) in [5.74, 6) is 0.630. The van der Waals surface area contributed by atoms with Crippen LogP contribution >= 0.6 is 12.4 Å². The fourth-order valence-electron chi connectivity index (χ4n) is 2.71. The molecule has 0 unspecified atom stereocenters. The van der Waals surface area contributed by atoms with E-state index in [-0.39, 0.29) is 12.4 Å². The average Bonchev–Trinajstić information content (AvgIpc) is 2.84. The third-order valence-corrected chi connectivity index (χ3v) is 5.82. The van der Waals surface area contributed by atoms with Crippen LogP contribution in [-0.4, -0.2) is 56.8 Å². The van der Waals surface area contributed by atoms with E-state index < -0.39 is 10.2 Å². The standard InChI is InChI=1S/C11H23N3O2S.ClH/c1-12-10-11-4-8-14(9-5-11)17(15,16)13-6-2-3-7-13;/h11-12H,2-10H2,1H3;1H. The first-order chi connectivity index (χ1) is 8.14. The van der Waals surface area contributed by atoms with Gasteiger partial charge in [-0.2, -0.15) is 17.0 Å². The summed E-state index contributed by atoms with van der Waals surface area (Å²) in [5, 5.41) is 3.17. The maximum atomic E-state index is 12.3. The topological polar surface area (TPSA) is 52.7 Å². The van der Waals surface area contributed by atoms with Gasteiger partial charge in [-0.15, -0.1) is 12.4 Å². The number of rotatable bonds is 4. The molecular formula is C11H24ClN3O2S. The Bertz CT molecular complexity index is 336. The first-order valence-electron chi connectivity index (χ1n) is 6.54. The molecule has 0 aromatic rings. The molecule has 2 aliphatic heterocycles. The highest BCUT2D eigenvalue weighted by Crippen LogP contribution is 2.23. The molecule has 2 rings (SSSR count). The number of halogens is 1. The zero-order valence-electron chi connectivity index (χ0n) is 11.0. The predicted octanol–water partition coefficient (Wildman–Crippen LogP) is 0.680. The van der Waals surface area contributed by atoms with Crippen molar-refractivity contribution in [1.29, 1.82) is 0 Å². The quantitative estimate of drug-likeness (QED) is 0.830. The maximum absolute atomic E-state index is 12.3. The summed E-state index contributed by atoms with van der Waals surface area (Å²) >= 11 is 0. The van der Waals surface area contributed by atoms with Crippen molar-refractivity contribution >= 4 is 22.6 Å². The van der Waals surface area contributed by atoms with E-state index in [1.165, 1.54) is 0 Å². The van der Waals surface area contributed by atoms with E-state index in [0.717, 1.165) is 32.2 Å². The largest absolute Gasteiger partial charge is 0.319 e. The highest BCUT2D eigenvalue weighted by atomic mass is 35.5. The van der Waals surface area contributed by atoms with E-state index in [1.807, 2.05) is 7.05 Å². The van der Waals surface area contributed by atoms with E-state index >= 15 is 0 Å². The summed E-state index contributed by atoms with van der Waals surface area (Å²) < 4.78 is 27.9. The number of piperidine rings is 1. The summed E-state index contributed by atoms with van der Waals surface area (Å²) in [7, 11) is -1.20. The lowest BCUT2D eigenvalue weighted by Gasteiger charge is -2.33. The summed E-state index contributed by atoms with van der Waals surface area (Å²) in [6.07, 6.45) is 3.98. The molecular weight excluding hydrogens is 274 g/mol. The lowest BCUT2D eigenvalue weighted by atomic mass is 9.98. The predicted molar refractivity (Wildman–Crippen MR) is 75.2 cm³/mol. The normalized spacial score (nSPS) is 24.1. The molecule has 0 aromatic heterocycles. The second kappa shape index (κ2) is 7.05. The van der Waals surface area contributed by atoms with Gasteiger partial charge in [-0.3, -0.25) is 0 Å². The summed E-state index contributed by atoms with van der Waals surface area (Å²) in [5.41, 5.74) is 0. The van der Waals surface area contributed by atoms with Gasteiger partial charge in [-0.25, -0.2) is 0 Å². The Hall–Kier alpha value is 0.120. The molecule has 0 saturated carbocycles. The van der Waals surface area contributed by atoms with Gasteiger partial charge in [0.05, 0.1) is 0 Å². The SMILES string of the molecule is CNCC1CCN(S(=O)(=O)N2CCCC2)CC1.Cl. The van der Waals surface area contributed by atoms with Gasteiger partial charge in [0, 0.05) is 26.2 Å². The molecule has 2 heterocycles. The molecule has 0 atom stereocenters. The van der Waals surface area contributed by atoms with Crippen LogP contribution in [0.25, 0.3) is 0 Å². The van der Waals surface area contributed by atoms with Crippen LogP contribution in [0, 0.1) is 5.92 Å². The highest BCUT2D eigenvalue weighted by Gasteiger charge is 2.33. The molecule has 2 fully saturated rings. The van der Waals surface area contributed by atoms with Crippen LogP contribution in [0.4, 0.5) is 0 Å². The van der Waals surface area contributed by atoms with Crippen molar-refractivity contribution in [3.63, 3.8) is 0 Å². The monoisotopic (exact) mass is 297 g/mol. The number of hydrogen-bond acceptors (Lipinski definition) is 3. The Balaban J connectivity index is 0.00000162. The Morgan fingerprint density at radius 2 is 1.56 bits per heavy atom. The lowest BCUT2D eigenvalue weighted by molar-refractivity contribution is 0.256. The third-order valence-electron chi connectivity index (χ3n) is 3.78.